The molecule has 1 aliphatic heterocycles. The molecule has 0 saturated carbocycles. The van der Waals surface area contributed by atoms with Crippen LogP contribution in [-0.4, -0.2) is 40.8 Å². The Labute approximate surface area is 178 Å². The molecule has 0 radical (unpaired) electrons. The second kappa shape index (κ2) is 7.50. The number of fused-ring (bicyclic) bond motifs is 6. The van der Waals surface area contributed by atoms with Gasteiger partial charge in [0.05, 0.1) is 5.52 Å². The van der Waals surface area contributed by atoms with Crippen molar-refractivity contribution in [2.75, 3.05) is 19.7 Å². The van der Waals surface area contributed by atoms with Gasteiger partial charge in [-0.1, -0.05) is 0 Å². The van der Waals surface area contributed by atoms with Gasteiger partial charge in [-0.15, -0.1) is 0 Å². The molecular formula is C24H23FN4O2. The van der Waals surface area contributed by atoms with E-state index >= 15 is 0 Å². The summed E-state index contributed by atoms with van der Waals surface area (Å²) in [5, 5.41) is 4.58. The Morgan fingerprint density at radius 2 is 2.06 bits per heavy atom. The van der Waals surface area contributed by atoms with E-state index in [9.17, 15) is 4.39 Å². The van der Waals surface area contributed by atoms with Crippen LogP contribution in [0.15, 0.2) is 42.7 Å². The van der Waals surface area contributed by atoms with E-state index in [1.165, 1.54) is 17.3 Å². The quantitative estimate of drug-likeness (QED) is 0.528. The van der Waals surface area contributed by atoms with Crippen LogP contribution in [0.3, 0.4) is 0 Å². The van der Waals surface area contributed by atoms with Gasteiger partial charge >= 0.3 is 0 Å². The molecule has 0 fully saturated rings. The third kappa shape index (κ3) is 3.39. The molecule has 31 heavy (non-hydrogen) atoms. The largest absolute Gasteiger partial charge is 0.486 e. The van der Waals surface area contributed by atoms with Crippen molar-refractivity contribution < 1.29 is 13.9 Å². The molecule has 0 bridgehead atoms. The summed E-state index contributed by atoms with van der Waals surface area (Å²) in [5.74, 6) is 1.72. The number of hydrogen-bond donors (Lipinski definition) is 2. The molecule has 6 rings (SSSR count). The van der Waals surface area contributed by atoms with E-state index in [4.69, 9.17) is 9.47 Å². The zero-order chi connectivity index (χ0) is 20.8. The van der Waals surface area contributed by atoms with Crippen molar-refractivity contribution in [3.8, 4) is 11.5 Å². The lowest BCUT2D eigenvalue weighted by Crippen LogP contribution is -2.40. The summed E-state index contributed by atoms with van der Waals surface area (Å²) < 4.78 is 25.9. The summed E-state index contributed by atoms with van der Waals surface area (Å²) >= 11 is 0. The van der Waals surface area contributed by atoms with Crippen molar-refractivity contribution >= 4 is 21.9 Å². The Morgan fingerprint density at radius 1 is 1.13 bits per heavy atom. The lowest BCUT2D eigenvalue weighted by molar-refractivity contribution is 0.0912. The van der Waals surface area contributed by atoms with Crippen LogP contribution in [0.4, 0.5) is 4.39 Å². The van der Waals surface area contributed by atoms with E-state index in [0.717, 1.165) is 53.5 Å². The molecule has 0 spiro atoms. The predicted molar refractivity (Wildman–Crippen MR) is 116 cm³/mol. The maximum absolute atomic E-state index is 13.7. The summed E-state index contributed by atoms with van der Waals surface area (Å²) in [6.07, 6.45) is 6.33. The van der Waals surface area contributed by atoms with Crippen LogP contribution < -0.4 is 14.8 Å². The van der Waals surface area contributed by atoms with Crippen molar-refractivity contribution in [2.24, 2.45) is 5.92 Å². The maximum Gasteiger partial charge on any atom is 0.189 e. The van der Waals surface area contributed by atoms with Crippen molar-refractivity contribution in [3.63, 3.8) is 0 Å². The second-order valence-electron chi connectivity index (χ2n) is 8.41. The SMILES string of the molecule is Fc1ccc2[nH]c3c(c2c1)C[C@@H](CNC[C@H]1COc2ccc4nccnc4c2O1)CC3. The maximum atomic E-state index is 13.7. The van der Waals surface area contributed by atoms with Gasteiger partial charge < -0.3 is 19.8 Å². The molecule has 2 aromatic heterocycles. The molecule has 0 unspecified atom stereocenters. The second-order valence-corrected chi connectivity index (χ2v) is 8.41. The molecule has 2 aliphatic rings. The van der Waals surface area contributed by atoms with Gasteiger partial charge in [-0.2, -0.15) is 0 Å². The first kappa shape index (κ1) is 18.6. The van der Waals surface area contributed by atoms with Gasteiger partial charge in [-0.3, -0.25) is 4.98 Å². The number of nitrogens with zero attached hydrogens (tertiary/aromatic N) is 2. The number of aromatic amines is 1. The Hall–Kier alpha value is -3.19. The van der Waals surface area contributed by atoms with E-state index in [1.54, 1.807) is 18.5 Å². The molecular weight excluding hydrogens is 395 g/mol. The number of nitrogens with one attached hydrogen (secondary N) is 2. The van der Waals surface area contributed by atoms with Gasteiger partial charge in [0.2, 0.25) is 0 Å². The van der Waals surface area contributed by atoms with Crippen molar-refractivity contribution in [1.82, 2.24) is 20.3 Å². The number of aryl methyl sites for hydroxylation is 1. The van der Waals surface area contributed by atoms with Crippen LogP contribution in [0.5, 0.6) is 11.5 Å². The van der Waals surface area contributed by atoms with Crippen LogP contribution in [0.1, 0.15) is 17.7 Å². The van der Waals surface area contributed by atoms with E-state index < -0.39 is 0 Å². The standard InChI is InChI=1S/C24H23FN4O2/c25-15-2-4-20-18(10-15)17-9-14(1-3-19(17)29-20)11-26-12-16-13-30-22-6-5-21-23(24(22)31-16)28-8-7-27-21/h2,4-8,10,14,16,26,29H,1,3,9,11-13H2/t14-,16-/m0/s1. The highest BCUT2D eigenvalue weighted by atomic mass is 19.1. The fourth-order valence-electron chi connectivity index (χ4n) is 4.79. The number of ether oxygens (including phenoxy) is 2. The summed E-state index contributed by atoms with van der Waals surface area (Å²) in [7, 11) is 0. The molecule has 158 valence electrons. The summed E-state index contributed by atoms with van der Waals surface area (Å²) in [6, 6.07) is 8.79. The van der Waals surface area contributed by atoms with Crippen LogP contribution in [0.2, 0.25) is 0 Å². The lowest BCUT2D eigenvalue weighted by atomic mass is 9.86. The Balaban J connectivity index is 1.10. The molecule has 7 heteroatoms. The molecule has 2 atom stereocenters. The topological polar surface area (TPSA) is 72.1 Å². The van der Waals surface area contributed by atoms with Gasteiger partial charge in [-0.05, 0) is 67.6 Å². The average molecular weight is 418 g/mol. The minimum Gasteiger partial charge on any atom is -0.486 e. The highest BCUT2D eigenvalue weighted by Gasteiger charge is 2.26. The van der Waals surface area contributed by atoms with E-state index in [1.807, 2.05) is 18.2 Å². The predicted octanol–water partition coefficient (Wildman–Crippen LogP) is 3.78. The van der Waals surface area contributed by atoms with Gasteiger partial charge in [0, 0.05) is 35.5 Å². The third-order valence-corrected chi connectivity index (χ3v) is 6.32. The number of aromatic nitrogens is 3. The molecule has 0 saturated heterocycles. The number of hydrogen-bond acceptors (Lipinski definition) is 5. The minimum absolute atomic E-state index is 0.0820. The summed E-state index contributed by atoms with van der Waals surface area (Å²) in [4.78, 5) is 12.2. The monoisotopic (exact) mass is 418 g/mol. The van der Waals surface area contributed by atoms with Gasteiger partial charge in [0.15, 0.2) is 11.5 Å². The number of halogens is 1. The molecule has 3 heterocycles. The van der Waals surface area contributed by atoms with Crippen LogP contribution >= 0.6 is 0 Å². The zero-order valence-corrected chi connectivity index (χ0v) is 17.0. The first-order valence-corrected chi connectivity index (χ1v) is 10.8. The van der Waals surface area contributed by atoms with Gasteiger partial charge in [-0.25, -0.2) is 9.37 Å². The van der Waals surface area contributed by atoms with Crippen molar-refractivity contribution in [1.29, 1.82) is 0 Å². The summed E-state index contributed by atoms with van der Waals surface area (Å²) in [5.41, 5.74) is 5.08. The number of benzene rings is 2. The Kier molecular flexibility index (Phi) is 4.49. The molecule has 2 N–H and O–H groups in total. The van der Waals surface area contributed by atoms with Crippen LogP contribution in [0.25, 0.3) is 21.9 Å². The Bertz CT molecular complexity index is 1270. The van der Waals surface area contributed by atoms with Gasteiger partial charge in [0.1, 0.15) is 24.0 Å². The third-order valence-electron chi connectivity index (χ3n) is 6.32. The highest BCUT2D eigenvalue weighted by Crippen LogP contribution is 2.37. The van der Waals surface area contributed by atoms with E-state index in [-0.39, 0.29) is 11.9 Å². The first-order chi connectivity index (χ1) is 15.2. The molecule has 2 aromatic carbocycles. The summed E-state index contributed by atoms with van der Waals surface area (Å²) in [6.45, 7) is 2.09. The van der Waals surface area contributed by atoms with Crippen molar-refractivity contribution in [2.45, 2.75) is 25.4 Å². The Morgan fingerprint density at radius 3 is 3.03 bits per heavy atom. The first-order valence-electron chi connectivity index (χ1n) is 10.8. The molecule has 4 aromatic rings. The lowest BCUT2D eigenvalue weighted by Gasteiger charge is -2.28. The fourth-order valence-corrected chi connectivity index (χ4v) is 4.79. The normalized spacial score (nSPS) is 20.2. The molecule has 1 aliphatic carbocycles. The molecule has 6 nitrogen and oxygen atoms in total. The van der Waals surface area contributed by atoms with E-state index in [2.05, 4.69) is 20.3 Å². The van der Waals surface area contributed by atoms with Crippen LogP contribution in [0, 0.1) is 11.7 Å². The highest BCUT2D eigenvalue weighted by molar-refractivity contribution is 5.85. The number of H-pyrrole nitrogens is 1. The van der Waals surface area contributed by atoms with E-state index in [0.29, 0.717) is 24.8 Å². The smallest absolute Gasteiger partial charge is 0.189 e. The van der Waals surface area contributed by atoms with Crippen molar-refractivity contribution in [3.05, 3.63) is 59.8 Å². The zero-order valence-electron chi connectivity index (χ0n) is 17.0. The minimum atomic E-state index is -0.179. The number of rotatable bonds is 4. The fraction of sp³-hybridized carbons (Fsp3) is 0.333. The average Bonchev–Trinajstić information content (AvgIpc) is 3.16. The van der Waals surface area contributed by atoms with Gasteiger partial charge in [0.25, 0.3) is 0 Å². The molecule has 0 amide bonds. The van der Waals surface area contributed by atoms with Crippen LogP contribution in [-0.2, 0) is 12.8 Å².